The van der Waals surface area contributed by atoms with Crippen LogP contribution in [-0.2, 0) is 5.41 Å². The Morgan fingerprint density at radius 2 is 1.28 bits per heavy atom. The van der Waals surface area contributed by atoms with Gasteiger partial charge in [0.1, 0.15) is 0 Å². The first-order valence-electron chi connectivity index (χ1n) is 18.3. The van der Waals surface area contributed by atoms with Crippen LogP contribution in [0.3, 0.4) is 0 Å². The first-order valence-corrected chi connectivity index (χ1v) is 19.1. The van der Waals surface area contributed by atoms with Gasteiger partial charge in [0.05, 0.1) is 0 Å². The smallest absolute Gasteiger partial charge is 0.170 e. The van der Waals surface area contributed by atoms with Crippen molar-refractivity contribution in [3.63, 3.8) is 0 Å². The molecule has 0 spiro atoms. The summed E-state index contributed by atoms with van der Waals surface area (Å²) >= 11 is 1.79. The minimum Gasteiger partial charge on any atom is -0.478 e. The summed E-state index contributed by atoms with van der Waals surface area (Å²) in [6, 6.07) is 46.5. The molecule has 0 saturated carbocycles. The molecule has 0 fully saturated rings. The van der Waals surface area contributed by atoms with E-state index in [1.165, 1.54) is 36.9 Å². The fraction of sp³-hybridized carbons (Fsp3) is 0.104. The molecule has 5 nitrogen and oxygen atoms in total. The number of ether oxygens (including phenoxy) is 2. The standard InChI is InChI=1S/C48H33N3O2S/c1-48(2)36-19-8-6-17-35(36)42-37(48)24-25-39-44(42)53-38-20-11-18-32(43(38)52-39)29-14-10-15-30(26-29)46-49-45(28-12-4-3-5-13-28)50-47(51-46)31-22-23-34-33-16-7-9-21-40(33)54-41(34)27-31/h3-27,38,43H,1-2H3. The Balaban J connectivity index is 0.981. The molecule has 0 bridgehead atoms. The van der Waals surface area contributed by atoms with Crippen molar-refractivity contribution in [2.24, 2.45) is 0 Å². The van der Waals surface area contributed by atoms with E-state index in [4.69, 9.17) is 24.4 Å². The number of fused-ring (bicyclic) bond motifs is 9. The van der Waals surface area contributed by atoms with Crippen molar-refractivity contribution >= 4 is 37.1 Å². The second-order valence-electron chi connectivity index (χ2n) is 14.7. The zero-order chi connectivity index (χ0) is 36.0. The molecule has 2 atom stereocenters. The number of rotatable bonds is 4. The Labute approximate surface area is 316 Å². The van der Waals surface area contributed by atoms with E-state index in [1.807, 2.05) is 30.3 Å². The second kappa shape index (κ2) is 11.8. The van der Waals surface area contributed by atoms with Gasteiger partial charge >= 0.3 is 0 Å². The van der Waals surface area contributed by atoms with Gasteiger partial charge in [0.15, 0.2) is 41.2 Å². The van der Waals surface area contributed by atoms with Crippen molar-refractivity contribution in [3.05, 3.63) is 168 Å². The van der Waals surface area contributed by atoms with Crippen LogP contribution in [0.25, 0.3) is 71.0 Å². The molecule has 6 aromatic carbocycles. The highest BCUT2D eigenvalue weighted by Crippen LogP contribution is 2.56. The molecule has 2 aliphatic carbocycles. The molecule has 3 heterocycles. The summed E-state index contributed by atoms with van der Waals surface area (Å²) in [6.45, 7) is 4.57. The van der Waals surface area contributed by atoms with Gasteiger partial charge in [0.2, 0.25) is 0 Å². The van der Waals surface area contributed by atoms with E-state index in [0.29, 0.717) is 17.5 Å². The third-order valence-corrected chi connectivity index (χ3v) is 12.2. The Morgan fingerprint density at radius 3 is 2.15 bits per heavy atom. The maximum atomic E-state index is 6.89. The molecular weight excluding hydrogens is 683 g/mol. The summed E-state index contributed by atoms with van der Waals surface area (Å²) < 4.78 is 16.3. The lowest BCUT2D eigenvalue weighted by Crippen LogP contribution is -2.40. The first-order chi connectivity index (χ1) is 26.5. The minimum atomic E-state index is -0.317. The van der Waals surface area contributed by atoms with Gasteiger partial charge in [-0.25, -0.2) is 15.0 Å². The molecule has 2 aromatic heterocycles. The molecule has 2 unspecified atom stereocenters. The van der Waals surface area contributed by atoms with Crippen LogP contribution in [0.4, 0.5) is 0 Å². The molecule has 0 N–H and O–H groups in total. The number of benzene rings is 6. The summed E-state index contributed by atoms with van der Waals surface area (Å²) in [7, 11) is 0. The van der Waals surface area contributed by atoms with Gasteiger partial charge in [0, 0.05) is 53.4 Å². The molecule has 6 heteroatoms. The quantitative estimate of drug-likeness (QED) is 0.182. The highest BCUT2D eigenvalue weighted by Gasteiger charge is 2.42. The van der Waals surface area contributed by atoms with Crippen molar-refractivity contribution < 1.29 is 9.47 Å². The molecule has 0 radical (unpaired) electrons. The van der Waals surface area contributed by atoms with E-state index >= 15 is 0 Å². The number of allylic oxidation sites excluding steroid dienone is 2. The van der Waals surface area contributed by atoms with Crippen LogP contribution in [0.2, 0.25) is 0 Å². The summed E-state index contributed by atoms with van der Waals surface area (Å²) in [5.74, 6) is 3.48. The van der Waals surface area contributed by atoms with Gasteiger partial charge in [-0.05, 0) is 52.6 Å². The highest BCUT2D eigenvalue weighted by atomic mass is 32.1. The zero-order valence-corrected chi connectivity index (χ0v) is 30.5. The average molecular weight is 716 g/mol. The summed E-state index contributed by atoms with van der Waals surface area (Å²) in [5.41, 5.74) is 9.69. The van der Waals surface area contributed by atoms with Gasteiger partial charge in [-0.3, -0.25) is 0 Å². The van der Waals surface area contributed by atoms with Crippen molar-refractivity contribution in [3.8, 4) is 56.8 Å². The van der Waals surface area contributed by atoms with E-state index in [0.717, 1.165) is 44.9 Å². The number of hydrogen-bond donors (Lipinski definition) is 0. The highest BCUT2D eigenvalue weighted by molar-refractivity contribution is 7.25. The Kier molecular flexibility index (Phi) is 6.83. The van der Waals surface area contributed by atoms with Gasteiger partial charge in [0.25, 0.3) is 0 Å². The number of thiophene rings is 1. The van der Waals surface area contributed by atoms with Crippen molar-refractivity contribution in [2.75, 3.05) is 0 Å². The second-order valence-corrected chi connectivity index (χ2v) is 15.8. The fourth-order valence-corrected chi connectivity index (χ4v) is 9.56. The first kappa shape index (κ1) is 31.2. The Hall–Kier alpha value is -6.37. The van der Waals surface area contributed by atoms with E-state index in [-0.39, 0.29) is 17.6 Å². The van der Waals surface area contributed by atoms with E-state index in [2.05, 4.69) is 135 Å². The maximum Gasteiger partial charge on any atom is 0.170 e. The van der Waals surface area contributed by atoms with Crippen molar-refractivity contribution in [1.29, 1.82) is 0 Å². The molecule has 8 aromatic rings. The van der Waals surface area contributed by atoms with E-state index < -0.39 is 0 Å². The van der Waals surface area contributed by atoms with Gasteiger partial charge in [-0.2, -0.15) is 0 Å². The summed E-state index contributed by atoms with van der Waals surface area (Å²) in [6.07, 6.45) is 5.72. The van der Waals surface area contributed by atoms with Crippen LogP contribution in [0.5, 0.6) is 11.5 Å². The van der Waals surface area contributed by atoms with Crippen LogP contribution in [0.1, 0.15) is 30.5 Å². The van der Waals surface area contributed by atoms with Gasteiger partial charge < -0.3 is 9.47 Å². The minimum absolute atomic E-state index is 0.115. The average Bonchev–Trinajstić information content (AvgIpc) is 3.71. The van der Waals surface area contributed by atoms with Crippen LogP contribution in [0.15, 0.2) is 152 Å². The van der Waals surface area contributed by atoms with Crippen LogP contribution >= 0.6 is 11.3 Å². The Bertz CT molecular complexity index is 2890. The lowest BCUT2D eigenvalue weighted by molar-refractivity contribution is 0.0821. The Morgan fingerprint density at radius 1 is 0.574 bits per heavy atom. The van der Waals surface area contributed by atoms with Crippen LogP contribution in [-0.4, -0.2) is 27.2 Å². The molecule has 0 amide bonds. The number of hydrogen-bond acceptors (Lipinski definition) is 6. The topological polar surface area (TPSA) is 57.1 Å². The van der Waals surface area contributed by atoms with E-state index in [1.54, 1.807) is 11.3 Å². The van der Waals surface area contributed by atoms with Crippen molar-refractivity contribution in [2.45, 2.75) is 31.5 Å². The maximum absolute atomic E-state index is 6.89. The lowest BCUT2D eigenvalue weighted by atomic mass is 9.82. The van der Waals surface area contributed by atoms with E-state index in [9.17, 15) is 0 Å². The van der Waals surface area contributed by atoms with Gasteiger partial charge in [-0.1, -0.05) is 135 Å². The molecule has 3 aliphatic rings. The van der Waals surface area contributed by atoms with Crippen molar-refractivity contribution in [1.82, 2.24) is 15.0 Å². The third kappa shape index (κ3) is 4.80. The molecule has 11 rings (SSSR count). The zero-order valence-electron chi connectivity index (χ0n) is 29.7. The largest absolute Gasteiger partial charge is 0.478 e. The number of aromatic nitrogens is 3. The summed E-state index contributed by atoms with van der Waals surface area (Å²) in [4.78, 5) is 15.2. The van der Waals surface area contributed by atoms with Crippen LogP contribution in [0, 0.1) is 0 Å². The molecule has 1 aliphatic heterocycles. The summed E-state index contributed by atoms with van der Waals surface area (Å²) in [5, 5.41) is 2.51. The molecule has 54 heavy (non-hydrogen) atoms. The van der Waals surface area contributed by atoms with Crippen LogP contribution < -0.4 is 9.47 Å². The number of nitrogens with zero attached hydrogens (tertiary/aromatic N) is 3. The predicted molar refractivity (Wildman–Crippen MR) is 219 cm³/mol. The molecule has 0 saturated heterocycles. The third-order valence-electron chi connectivity index (χ3n) is 11.1. The molecule has 258 valence electrons. The normalized spacial score (nSPS) is 17.6. The predicted octanol–water partition coefficient (Wildman–Crippen LogP) is 11.7. The van der Waals surface area contributed by atoms with Gasteiger partial charge in [-0.15, -0.1) is 11.3 Å². The fourth-order valence-electron chi connectivity index (χ4n) is 8.41. The lowest BCUT2D eigenvalue weighted by Gasteiger charge is -2.37. The molecular formula is C48H33N3O2S. The monoisotopic (exact) mass is 715 g/mol. The SMILES string of the molecule is CC1(C)c2ccccc2-c2c1ccc1c2OC2C=CC=C(c3cccc(-c4nc(-c5ccccc5)nc(-c5ccc6c(c5)sc5ccccc56)n4)c3)C2O1.